The standard InChI is InChI=1S/C14H22BrNO/c1-10(2)16-8-12-5-6-13(14(15)7-12)9-17-11(3)4/h5-7,10-11,16H,8-9H2,1-4H3. The summed E-state index contributed by atoms with van der Waals surface area (Å²) in [5.41, 5.74) is 2.49. The van der Waals surface area contributed by atoms with Gasteiger partial charge < -0.3 is 10.1 Å². The van der Waals surface area contributed by atoms with E-state index in [1.54, 1.807) is 0 Å². The second-order valence-electron chi connectivity index (χ2n) is 4.82. The average Bonchev–Trinajstić information content (AvgIpc) is 2.24. The topological polar surface area (TPSA) is 21.3 Å². The van der Waals surface area contributed by atoms with E-state index in [4.69, 9.17) is 4.74 Å². The molecule has 0 saturated carbocycles. The molecule has 0 aliphatic rings. The van der Waals surface area contributed by atoms with Gasteiger partial charge in [-0.05, 0) is 31.0 Å². The fourth-order valence-electron chi connectivity index (χ4n) is 1.40. The van der Waals surface area contributed by atoms with Crippen molar-refractivity contribution < 1.29 is 4.74 Å². The summed E-state index contributed by atoms with van der Waals surface area (Å²) in [6.45, 7) is 9.97. The van der Waals surface area contributed by atoms with E-state index >= 15 is 0 Å². The van der Waals surface area contributed by atoms with Gasteiger partial charge in [0, 0.05) is 17.1 Å². The predicted octanol–water partition coefficient (Wildman–Crippen LogP) is 3.87. The monoisotopic (exact) mass is 299 g/mol. The van der Waals surface area contributed by atoms with Crippen LogP contribution < -0.4 is 5.32 Å². The first kappa shape index (κ1) is 14.7. The maximum atomic E-state index is 5.60. The van der Waals surface area contributed by atoms with E-state index < -0.39 is 0 Å². The SMILES string of the molecule is CC(C)NCc1ccc(COC(C)C)c(Br)c1. The molecule has 0 bridgehead atoms. The maximum absolute atomic E-state index is 5.60. The summed E-state index contributed by atoms with van der Waals surface area (Å²) in [7, 11) is 0. The minimum absolute atomic E-state index is 0.268. The molecule has 0 saturated heterocycles. The fourth-order valence-corrected chi connectivity index (χ4v) is 1.94. The predicted molar refractivity (Wildman–Crippen MR) is 76.0 cm³/mol. The maximum Gasteiger partial charge on any atom is 0.0731 e. The fraction of sp³-hybridized carbons (Fsp3) is 0.571. The van der Waals surface area contributed by atoms with Gasteiger partial charge in [0.25, 0.3) is 0 Å². The number of rotatable bonds is 6. The van der Waals surface area contributed by atoms with Crippen molar-refractivity contribution in [2.24, 2.45) is 0 Å². The van der Waals surface area contributed by atoms with Crippen molar-refractivity contribution in [1.82, 2.24) is 5.32 Å². The zero-order valence-electron chi connectivity index (χ0n) is 11.1. The van der Waals surface area contributed by atoms with Crippen molar-refractivity contribution in [3.05, 3.63) is 33.8 Å². The minimum atomic E-state index is 0.268. The third-order valence-corrected chi connectivity index (χ3v) is 3.14. The first-order valence-corrected chi connectivity index (χ1v) is 6.90. The Hall–Kier alpha value is -0.380. The summed E-state index contributed by atoms with van der Waals surface area (Å²) in [6.07, 6.45) is 0.268. The Morgan fingerprint density at radius 2 is 1.94 bits per heavy atom. The van der Waals surface area contributed by atoms with Crippen LogP contribution in [0, 0.1) is 0 Å². The molecule has 1 aromatic rings. The van der Waals surface area contributed by atoms with Crippen LogP contribution in [0.25, 0.3) is 0 Å². The molecule has 0 amide bonds. The molecule has 0 aliphatic carbocycles. The zero-order chi connectivity index (χ0) is 12.8. The normalized spacial score (nSPS) is 11.5. The highest BCUT2D eigenvalue weighted by Crippen LogP contribution is 2.20. The Morgan fingerprint density at radius 1 is 1.24 bits per heavy atom. The van der Waals surface area contributed by atoms with Gasteiger partial charge in [-0.15, -0.1) is 0 Å². The van der Waals surface area contributed by atoms with Gasteiger partial charge in [-0.25, -0.2) is 0 Å². The molecule has 0 unspecified atom stereocenters. The van der Waals surface area contributed by atoms with Crippen LogP contribution in [0.4, 0.5) is 0 Å². The van der Waals surface area contributed by atoms with Crippen LogP contribution in [-0.4, -0.2) is 12.1 Å². The van der Waals surface area contributed by atoms with Crippen molar-refractivity contribution in [3.63, 3.8) is 0 Å². The summed E-state index contributed by atoms with van der Waals surface area (Å²) < 4.78 is 6.73. The summed E-state index contributed by atoms with van der Waals surface area (Å²) in [6, 6.07) is 6.95. The van der Waals surface area contributed by atoms with Gasteiger partial charge >= 0.3 is 0 Å². The molecule has 0 atom stereocenters. The van der Waals surface area contributed by atoms with Crippen LogP contribution in [0.15, 0.2) is 22.7 Å². The number of halogens is 1. The molecule has 3 heteroatoms. The van der Waals surface area contributed by atoms with Crippen molar-refractivity contribution >= 4 is 15.9 Å². The lowest BCUT2D eigenvalue weighted by Gasteiger charge is -2.12. The largest absolute Gasteiger partial charge is 0.374 e. The Bertz CT molecular complexity index is 350. The quantitative estimate of drug-likeness (QED) is 0.861. The highest BCUT2D eigenvalue weighted by atomic mass is 79.9. The van der Waals surface area contributed by atoms with Crippen LogP contribution >= 0.6 is 15.9 Å². The van der Waals surface area contributed by atoms with Crippen LogP contribution in [0.5, 0.6) is 0 Å². The van der Waals surface area contributed by atoms with Crippen molar-refractivity contribution in [2.45, 2.75) is 53.0 Å². The van der Waals surface area contributed by atoms with E-state index in [-0.39, 0.29) is 6.10 Å². The molecule has 0 heterocycles. The van der Waals surface area contributed by atoms with E-state index in [1.807, 2.05) is 0 Å². The van der Waals surface area contributed by atoms with E-state index in [0.717, 1.165) is 11.0 Å². The smallest absolute Gasteiger partial charge is 0.0731 e. The highest BCUT2D eigenvalue weighted by Gasteiger charge is 2.03. The molecule has 17 heavy (non-hydrogen) atoms. The summed E-state index contributed by atoms with van der Waals surface area (Å²) >= 11 is 3.60. The number of hydrogen-bond acceptors (Lipinski definition) is 2. The molecule has 2 nitrogen and oxygen atoms in total. The first-order valence-electron chi connectivity index (χ1n) is 6.11. The van der Waals surface area contributed by atoms with Crippen LogP contribution in [0.3, 0.4) is 0 Å². The third-order valence-electron chi connectivity index (χ3n) is 2.40. The lowest BCUT2D eigenvalue weighted by molar-refractivity contribution is 0.0653. The molecule has 96 valence electrons. The lowest BCUT2D eigenvalue weighted by atomic mass is 10.1. The van der Waals surface area contributed by atoms with Crippen molar-refractivity contribution in [3.8, 4) is 0 Å². The Kier molecular flexibility index (Phi) is 6.17. The Labute approximate surface area is 113 Å². The van der Waals surface area contributed by atoms with Gasteiger partial charge in [0.2, 0.25) is 0 Å². The molecule has 0 aliphatic heterocycles. The Morgan fingerprint density at radius 3 is 2.47 bits per heavy atom. The first-order chi connectivity index (χ1) is 7.99. The van der Waals surface area contributed by atoms with Gasteiger partial charge in [0.15, 0.2) is 0 Å². The minimum Gasteiger partial charge on any atom is -0.374 e. The molecule has 0 aromatic heterocycles. The molecule has 0 radical (unpaired) electrons. The van der Waals surface area contributed by atoms with Crippen molar-refractivity contribution in [1.29, 1.82) is 0 Å². The van der Waals surface area contributed by atoms with E-state index in [2.05, 4.69) is 67.1 Å². The number of nitrogens with one attached hydrogen (secondary N) is 1. The summed E-state index contributed by atoms with van der Waals surface area (Å²) in [5.74, 6) is 0. The van der Waals surface area contributed by atoms with Gasteiger partial charge in [-0.1, -0.05) is 41.9 Å². The molecule has 0 fully saturated rings. The third kappa shape index (κ3) is 5.66. The average molecular weight is 300 g/mol. The van der Waals surface area contributed by atoms with Crippen LogP contribution in [-0.2, 0) is 17.9 Å². The van der Waals surface area contributed by atoms with E-state index in [1.165, 1.54) is 11.1 Å². The zero-order valence-corrected chi connectivity index (χ0v) is 12.7. The van der Waals surface area contributed by atoms with E-state index in [0.29, 0.717) is 12.6 Å². The molecular formula is C14H22BrNO. The number of hydrogen-bond donors (Lipinski definition) is 1. The second-order valence-corrected chi connectivity index (χ2v) is 5.68. The van der Waals surface area contributed by atoms with Crippen molar-refractivity contribution in [2.75, 3.05) is 0 Å². The molecule has 1 rings (SSSR count). The summed E-state index contributed by atoms with van der Waals surface area (Å²) in [4.78, 5) is 0. The second kappa shape index (κ2) is 7.14. The summed E-state index contributed by atoms with van der Waals surface area (Å²) in [5, 5.41) is 3.41. The van der Waals surface area contributed by atoms with E-state index in [9.17, 15) is 0 Å². The van der Waals surface area contributed by atoms with Gasteiger partial charge in [0.05, 0.1) is 12.7 Å². The number of benzene rings is 1. The Balaban J connectivity index is 2.59. The van der Waals surface area contributed by atoms with Gasteiger partial charge in [0.1, 0.15) is 0 Å². The van der Waals surface area contributed by atoms with Gasteiger partial charge in [-0.3, -0.25) is 0 Å². The van der Waals surface area contributed by atoms with Crippen LogP contribution in [0.2, 0.25) is 0 Å². The van der Waals surface area contributed by atoms with Gasteiger partial charge in [-0.2, -0.15) is 0 Å². The lowest BCUT2D eigenvalue weighted by Crippen LogP contribution is -2.21. The van der Waals surface area contributed by atoms with Crippen LogP contribution in [0.1, 0.15) is 38.8 Å². The molecule has 0 spiro atoms. The molecule has 1 aromatic carbocycles. The number of ether oxygens (including phenoxy) is 1. The molecule has 1 N–H and O–H groups in total. The molecular weight excluding hydrogens is 278 g/mol. The highest BCUT2D eigenvalue weighted by molar-refractivity contribution is 9.10.